The number of carbonyl (C=O) groups is 2. The van der Waals surface area contributed by atoms with E-state index in [1.807, 2.05) is 30.3 Å². The van der Waals surface area contributed by atoms with Crippen LogP contribution in [-0.4, -0.2) is 12.0 Å². The summed E-state index contributed by atoms with van der Waals surface area (Å²) in [5, 5.41) is 5.90. The van der Waals surface area contributed by atoms with Crippen molar-refractivity contribution < 1.29 is 14.3 Å². The summed E-state index contributed by atoms with van der Waals surface area (Å²) >= 11 is 6.04. The summed E-state index contributed by atoms with van der Waals surface area (Å²) in [7, 11) is 0. The Balaban J connectivity index is 1.85. The minimum absolute atomic E-state index is 0.159. The van der Waals surface area contributed by atoms with Crippen LogP contribution in [0.15, 0.2) is 65.9 Å². The highest BCUT2D eigenvalue weighted by molar-refractivity contribution is 6.30. The molecule has 128 valence electrons. The van der Waals surface area contributed by atoms with Crippen molar-refractivity contribution in [3.63, 3.8) is 0 Å². The van der Waals surface area contributed by atoms with E-state index in [1.165, 1.54) is 0 Å². The van der Waals surface area contributed by atoms with Crippen molar-refractivity contribution in [3.05, 3.63) is 82.0 Å². The smallest absolute Gasteiger partial charge is 0.338 e. The van der Waals surface area contributed by atoms with Crippen LogP contribution in [0.4, 0.5) is 4.79 Å². The summed E-state index contributed by atoms with van der Waals surface area (Å²) < 4.78 is 5.43. The van der Waals surface area contributed by atoms with E-state index in [0.29, 0.717) is 21.9 Å². The third kappa shape index (κ3) is 4.00. The molecule has 0 saturated carbocycles. The van der Waals surface area contributed by atoms with Crippen molar-refractivity contribution in [2.45, 2.75) is 19.6 Å². The number of hydrogen-bond donors (Lipinski definition) is 2. The number of carbonyl (C=O) groups excluding carboxylic acids is 2. The summed E-state index contributed by atoms with van der Waals surface area (Å²) in [6.07, 6.45) is 0. The van der Waals surface area contributed by atoms with Gasteiger partial charge in [-0.15, -0.1) is 0 Å². The molecule has 1 atom stereocenters. The average molecular weight is 357 g/mol. The molecule has 0 aliphatic carbocycles. The van der Waals surface area contributed by atoms with E-state index in [4.69, 9.17) is 16.3 Å². The fraction of sp³-hybridized carbons (Fsp3) is 0.158. The Morgan fingerprint density at radius 1 is 1.16 bits per heavy atom. The molecule has 2 N–H and O–H groups in total. The highest BCUT2D eigenvalue weighted by atomic mass is 35.5. The number of allylic oxidation sites excluding steroid dienone is 1. The molecule has 0 unspecified atom stereocenters. The van der Waals surface area contributed by atoms with Gasteiger partial charge in [-0.25, -0.2) is 9.59 Å². The van der Waals surface area contributed by atoms with Crippen molar-refractivity contribution in [1.82, 2.24) is 10.6 Å². The van der Waals surface area contributed by atoms with Gasteiger partial charge in [0.25, 0.3) is 0 Å². The molecule has 5 nitrogen and oxygen atoms in total. The molecule has 0 fully saturated rings. The molecule has 1 aliphatic rings. The van der Waals surface area contributed by atoms with Crippen molar-refractivity contribution >= 4 is 23.6 Å². The third-order valence-electron chi connectivity index (χ3n) is 3.88. The Morgan fingerprint density at radius 3 is 2.64 bits per heavy atom. The van der Waals surface area contributed by atoms with Gasteiger partial charge in [0.2, 0.25) is 0 Å². The fourth-order valence-corrected chi connectivity index (χ4v) is 2.90. The first-order chi connectivity index (χ1) is 12.0. The van der Waals surface area contributed by atoms with E-state index in [1.54, 1.807) is 31.2 Å². The molecular weight excluding hydrogens is 340 g/mol. The number of benzene rings is 2. The first-order valence-corrected chi connectivity index (χ1v) is 8.17. The fourth-order valence-electron chi connectivity index (χ4n) is 2.70. The zero-order valence-electron chi connectivity index (χ0n) is 13.6. The molecule has 2 aromatic carbocycles. The number of esters is 1. The number of rotatable bonds is 4. The van der Waals surface area contributed by atoms with Crippen molar-refractivity contribution in [1.29, 1.82) is 0 Å². The Bertz CT molecular complexity index is 834. The SMILES string of the molecule is CC1=C(C(=O)OCc2ccccc2)[C@@H](c2cccc(Cl)c2)NC(=O)N1. The summed E-state index contributed by atoms with van der Waals surface area (Å²) in [5.74, 6) is -0.487. The molecule has 0 radical (unpaired) electrons. The predicted molar refractivity (Wildman–Crippen MR) is 94.8 cm³/mol. The number of urea groups is 1. The Kier molecular flexibility index (Phi) is 5.05. The molecule has 6 heteroatoms. The van der Waals surface area contributed by atoms with E-state index in [0.717, 1.165) is 5.56 Å². The van der Waals surface area contributed by atoms with Crippen LogP contribution < -0.4 is 10.6 Å². The molecule has 1 heterocycles. The van der Waals surface area contributed by atoms with Gasteiger partial charge in [0, 0.05) is 10.7 Å². The lowest BCUT2D eigenvalue weighted by Gasteiger charge is -2.28. The van der Waals surface area contributed by atoms with Crippen molar-refractivity contribution in [3.8, 4) is 0 Å². The van der Waals surface area contributed by atoms with Crippen LogP contribution >= 0.6 is 11.6 Å². The molecular formula is C19H17ClN2O3. The largest absolute Gasteiger partial charge is 0.457 e. The Hall–Kier alpha value is -2.79. The highest BCUT2D eigenvalue weighted by Gasteiger charge is 2.32. The number of nitrogens with one attached hydrogen (secondary N) is 2. The van der Waals surface area contributed by atoms with Gasteiger partial charge in [-0.05, 0) is 30.2 Å². The van der Waals surface area contributed by atoms with Crippen LogP contribution in [-0.2, 0) is 16.1 Å². The zero-order chi connectivity index (χ0) is 17.8. The van der Waals surface area contributed by atoms with E-state index >= 15 is 0 Å². The maximum absolute atomic E-state index is 12.7. The molecule has 0 spiro atoms. The van der Waals surface area contributed by atoms with Crippen LogP contribution in [0, 0.1) is 0 Å². The van der Waals surface area contributed by atoms with Crippen LogP contribution in [0.5, 0.6) is 0 Å². The van der Waals surface area contributed by atoms with Gasteiger partial charge in [-0.1, -0.05) is 54.1 Å². The quantitative estimate of drug-likeness (QED) is 0.820. The van der Waals surface area contributed by atoms with Gasteiger partial charge in [0.1, 0.15) is 6.61 Å². The van der Waals surface area contributed by atoms with Gasteiger partial charge in [-0.2, -0.15) is 0 Å². The lowest BCUT2D eigenvalue weighted by molar-refractivity contribution is -0.140. The van der Waals surface area contributed by atoms with Gasteiger partial charge in [-0.3, -0.25) is 0 Å². The maximum Gasteiger partial charge on any atom is 0.338 e. The molecule has 3 rings (SSSR count). The van der Waals surface area contributed by atoms with E-state index in [2.05, 4.69) is 10.6 Å². The number of halogens is 1. The highest BCUT2D eigenvalue weighted by Crippen LogP contribution is 2.29. The van der Waals surface area contributed by atoms with Crippen LogP contribution in [0.25, 0.3) is 0 Å². The molecule has 0 bridgehead atoms. The minimum atomic E-state index is -0.615. The lowest BCUT2D eigenvalue weighted by atomic mass is 9.95. The van der Waals surface area contributed by atoms with Crippen LogP contribution in [0.3, 0.4) is 0 Å². The summed E-state index contributed by atoms with van der Waals surface area (Å²) in [4.78, 5) is 24.5. The zero-order valence-corrected chi connectivity index (χ0v) is 14.3. The first kappa shape index (κ1) is 17.0. The molecule has 0 aromatic heterocycles. The standard InChI is InChI=1S/C19H17ClN2O3/c1-12-16(18(23)25-11-13-6-3-2-4-7-13)17(22-19(24)21-12)14-8-5-9-15(20)10-14/h2-10,17H,11H2,1H3,(H2,21,22,24)/t17-/m1/s1. The van der Waals surface area contributed by atoms with Crippen molar-refractivity contribution in [2.24, 2.45) is 0 Å². The van der Waals surface area contributed by atoms with E-state index < -0.39 is 12.0 Å². The molecule has 2 amide bonds. The third-order valence-corrected chi connectivity index (χ3v) is 4.12. The van der Waals surface area contributed by atoms with Crippen molar-refractivity contribution in [2.75, 3.05) is 0 Å². The Morgan fingerprint density at radius 2 is 1.92 bits per heavy atom. The summed E-state index contributed by atoms with van der Waals surface area (Å²) in [5.41, 5.74) is 2.43. The first-order valence-electron chi connectivity index (χ1n) is 7.79. The minimum Gasteiger partial charge on any atom is -0.457 e. The second-order valence-electron chi connectivity index (χ2n) is 5.69. The predicted octanol–water partition coefficient (Wildman–Crippen LogP) is 3.71. The number of amides is 2. The maximum atomic E-state index is 12.7. The van der Waals surface area contributed by atoms with Gasteiger partial charge < -0.3 is 15.4 Å². The van der Waals surface area contributed by atoms with E-state index in [9.17, 15) is 9.59 Å². The molecule has 0 saturated heterocycles. The second kappa shape index (κ2) is 7.40. The molecule has 1 aliphatic heterocycles. The van der Waals surface area contributed by atoms with E-state index in [-0.39, 0.29) is 12.6 Å². The summed E-state index contributed by atoms with van der Waals surface area (Å²) in [6, 6.07) is 15.5. The molecule has 25 heavy (non-hydrogen) atoms. The monoisotopic (exact) mass is 356 g/mol. The number of ether oxygens (including phenoxy) is 1. The normalized spacial score (nSPS) is 16.9. The Labute approximate surface area is 150 Å². The average Bonchev–Trinajstić information content (AvgIpc) is 2.60. The van der Waals surface area contributed by atoms with Gasteiger partial charge >= 0.3 is 12.0 Å². The van der Waals surface area contributed by atoms with Crippen LogP contribution in [0.1, 0.15) is 24.1 Å². The second-order valence-corrected chi connectivity index (χ2v) is 6.12. The topological polar surface area (TPSA) is 67.4 Å². The van der Waals surface area contributed by atoms with Crippen LogP contribution in [0.2, 0.25) is 5.02 Å². The molecule has 2 aromatic rings. The van der Waals surface area contributed by atoms with Gasteiger partial charge in [0.05, 0.1) is 11.6 Å². The van der Waals surface area contributed by atoms with Gasteiger partial charge in [0.15, 0.2) is 0 Å². The number of hydrogen-bond acceptors (Lipinski definition) is 3. The lowest BCUT2D eigenvalue weighted by Crippen LogP contribution is -2.45. The summed E-state index contributed by atoms with van der Waals surface area (Å²) in [6.45, 7) is 1.84.